The Hall–Kier alpha value is -2.04. The topological polar surface area (TPSA) is 69.6 Å². The van der Waals surface area contributed by atoms with Crippen LogP contribution in [0.1, 0.15) is 42.6 Å². The van der Waals surface area contributed by atoms with Crippen molar-refractivity contribution in [2.75, 3.05) is 7.05 Å². The third kappa shape index (κ3) is 4.57. The number of amides is 2. The standard InChI is InChI=1S/C15H22N2O3/c1-4-6-11(2)17(3)15(20)16-10-12-7-5-8-13(9-12)14(18)19/h5,7-9,11H,4,6,10H2,1-3H3,(H,16,20)(H,18,19). The van der Waals surface area contributed by atoms with E-state index in [4.69, 9.17) is 5.11 Å². The predicted octanol–water partition coefficient (Wildman–Crippen LogP) is 2.71. The van der Waals surface area contributed by atoms with E-state index in [2.05, 4.69) is 12.2 Å². The molecule has 1 aromatic carbocycles. The number of hydrogen-bond acceptors (Lipinski definition) is 2. The number of nitrogens with one attached hydrogen (secondary N) is 1. The molecule has 0 fully saturated rings. The van der Waals surface area contributed by atoms with Crippen LogP contribution >= 0.6 is 0 Å². The molecule has 0 spiro atoms. The van der Waals surface area contributed by atoms with Crippen molar-refractivity contribution in [3.63, 3.8) is 0 Å². The predicted molar refractivity (Wildman–Crippen MR) is 77.8 cm³/mol. The lowest BCUT2D eigenvalue weighted by Crippen LogP contribution is -2.42. The van der Waals surface area contributed by atoms with Gasteiger partial charge in [-0.2, -0.15) is 0 Å². The Labute approximate surface area is 119 Å². The highest BCUT2D eigenvalue weighted by molar-refractivity contribution is 5.87. The van der Waals surface area contributed by atoms with Crippen molar-refractivity contribution < 1.29 is 14.7 Å². The molecule has 0 saturated heterocycles. The summed E-state index contributed by atoms with van der Waals surface area (Å²) in [5.74, 6) is -0.966. The van der Waals surface area contributed by atoms with Gasteiger partial charge in [0, 0.05) is 19.6 Å². The van der Waals surface area contributed by atoms with E-state index in [1.165, 1.54) is 6.07 Å². The Morgan fingerprint density at radius 1 is 1.40 bits per heavy atom. The first-order valence-electron chi connectivity index (χ1n) is 6.78. The van der Waals surface area contributed by atoms with Crippen LogP contribution in [-0.2, 0) is 6.54 Å². The minimum absolute atomic E-state index is 0.147. The molecule has 0 saturated carbocycles. The van der Waals surface area contributed by atoms with Crippen LogP contribution in [-0.4, -0.2) is 35.1 Å². The molecular formula is C15H22N2O3. The van der Waals surface area contributed by atoms with Crippen LogP contribution in [0.2, 0.25) is 0 Å². The van der Waals surface area contributed by atoms with Crippen LogP contribution < -0.4 is 5.32 Å². The summed E-state index contributed by atoms with van der Waals surface area (Å²) in [6.07, 6.45) is 1.98. The minimum Gasteiger partial charge on any atom is -0.478 e. The van der Waals surface area contributed by atoms with Gasteiger partial charge in [-0.3, -0.25) is 0 Å². The highest BCUT2D eigenvalue weighted by Gasteiger charge is 2.14. The summed E-state index contributed by atoms with van der Waals surface area (Å²) in [5, 5.41) is 11.7. The third-order valence-corrected chi connectivity index (χ3v) is 3.31. The van der Waals surface area contributed by atoms with Crippen LogP contribution in [0.5, 0.6) is 0 Å². The van der Waals surface area contributed by atoms with Crippen LogP contribution in [0.3, 0.4) is 0 Å². The molecule has 0 aliphatic rings. The Bertz CT molecular complexity index is 474. The van der Waals surface area contributed by atoms with Gasteiger partial charge in [0.1, 0.15) is 0 Å². The molecule has 5 nitrogen and oxygen atoms in total. The molecule has 1 atom stereocenters. The van der Waals surface area contributed by atoms with Gasteiger partial charge in [0.05, 0.1) is 5.56 Å². The summed E-state index contributed by atoms with van der Waals surface area (Å²) in [6, 6.07) is 6.61. The van der Waals surface area contributed by atoms with Crippen molar-refractivity contribution >= 4 is 12.0 Å². The normalized spacial score (nSPS) is 11.8. The maximum absolute atomic E-state index is 11.9. The molecular weight excluding hydrogens is 256 g/mol. The van der Waals surface area contributed by atoms with Crippen LogP contribution in [0.4, 0.5) is 4.79 Å². The molecule has 1 unspecified atom stereocenters. The zero-order valence-electron chi connectivity index (χ0n) is 12.2. The first kappa shape index (κ1) is 16.0. The molecule has 0 radical (unpaired) electrons. The smallest absolute Gasteiger partial charge is 0.335 e. The fourth-order valence-corrected chi connectivity index (χ4v) is 1.93. The largest absolute Gasteiger partial charge is 0.478 e. The van der Waals surface area contributed by atoms with E-state index in [1.807, 2.05) is 6.92 Å². The van der Waals surface area contributed by atoms with E-state index in [0.29, 0.717) is 6.54 Å². The minimum atomic E-state index is -0.966. The first-order valence-corrected chi connectivity index (χ1v) is 6.78. The van der Waals surface area contributed by atoms with Crippen molar-refractivity contribution in [2.24, 2.45) is 0 Å². The Morgan fingerprint density at radius 2 is 2.10 bits per heavy atom. The van der Waals surface area contributed by atoms with E-state index >= 15 is 0 Å². The summed E-state index contributed by atoms with van der Waals surface area (Å²) in [7, 11) is 1.77. The molecule has 0 aliphatic carbocycles. The number of rotatable bonds is 6. The fraction of sp³-hybridized carbons (Fsp3) is 0.467. The Balaban J connectivity index is 2.56. The molecule has 0 heterocycles. The molecule has 0 aliphatic heterocycles. The maximum Gasteiger partial charge on any atom is 0.335 e. The zero-order valence-corrected chi connectivity index (χ0v) is 12.2. The van der Waals surface area contributed by atoms with Crippen molar-refractivity contribution in [3.8, 4) is 0 Å². The van der Waals surface area contributed by atoms with Gasteiger partial charge in [-0.25, -0.2) is 9.59 Å². The quantitative estimate of drug-likeness (QED) is 0.840. The molecule has 0 bridgehead atoms. The molecule has 1 rings (SSSR count). The van der Waals surface area contributed by atoms with Crippen LogP contribution in [0.25, 0.3) is 0 Å². The second-order valence-corrected chi connectivity index (χ2v) is 4.91. The van der Waals surface area contributed by atoms with Gasteiger partial charge in [-0.05, 0) is 31.0 Å². The maximum atomic E-state index is 11.9. The number of aromatic carboxylic acids is 1. The SMILES string of the molecule is CCCC(C)N(C)C(=O)NCc1cccc(C(=O)O)c1. The summed E-state index contributed by atoms with van der Waals surface area (Å²) in [5.41, 5.74) is 0.999. The van der Waals surface area contributed by atoms with E-state index in [1.54, 1.807) is 30.1 Å². The summed E-state index contributed by atoms with van der Waals surface area (Å²) < 4.78 is 0. The number of carboxylic acid groups (broad SMARTS) is 1. The number of carboxylic acids is 1. The third-order valence-electron chi connectivity index (χ3n) is 3.31. The highest BCUT2D eigenvalue weighted by Crippen LogP contribution is 2.07. The van der Waals surface area contributed by atoms with E-state index in [9.17, 15) is 9.59 Å². The molecule has 110 valence electrons. The van der Waals surface area contributed by atoms with Crippen LogP contribution in [0.15, 0.2) is 24.3 Å². The number of urea groups is 1. The molecule has 20 heavy (non-hydrogen) atoms. The van der Waals surface area contributed by atoms with E-state index in [0.717, 1.165) is 18.4 Å². The van der Waals surface area contributed by atoms with E-state index < -0.39 is 5.97 Å². The van der Waals surface area contributed by atoms with Crippen molar-refractivity contribution in [1.82, 2.24) is 10.2 Å². The molecule has 1 aromatic rings. The zero-order chi connectivity index (χ0) is 15.1. The van der Waals surface area contributed by atoms with Crippen molar-refractivity contribution in [2.45, 2.75) is 39.3 Å². The lowest BCUT2D eigenvalue weighted by Gasteiger charge is -2.24. The summed E-state index contributed by atoms with van der Waals surface area (Å²) in [4.78, 5) is 24.5. The lowest BCUT2D eigenvalue weighted by atomic mass is 10.1. The number of benzene rings is 1. The second-order valence-electron chi connectivity index (χ2n) is 4.91. The van der Waals surface area contributed by atoms with E-state index in [-0.39, 0.29) is 17.6 Å². The van der Waals surface area contributed by atoms with Gasteiger partial charge in [0.15, 0.2) is 0 Å². The second kappa shape index (κ2) is 7.53. The van der Waals surface area contributed by atoms with Gasteiger partial charge in [-0.15, -0.1) is 0 Å². The number of nitrogens with zero attached hydrogens (tertiary/aromatic N) is 1. The van der Waals surface area contributed by atoms with Crippen molar-refractivity contribution in [3.05, 3.63) is 35.4 Å². The highest BCUT2D eigenvalue weighted by atomic mass is 16.4. The van der Waals surface area contributed by atoms with Gasteiger partial charge in [-0.1, -0.05) is 25.5 Å². The summed E-state index contributed by atoms with van der Waals surface area (Å²) in [6.45, 7) is 4.41. The number of carbonyl (C=O) groups excluding carboxylic acids is 1. The molecule has 0 aromatic heterocycles. The average molecular weight is 278 g/mol. The number of carbonyl (C=O) groups is 2. The number of hydrogen-bond donors (Lipinski definition) is 2. The Morgan fingerprint density at radius 3 is 2.70 bits per heavy atom. The average Bonchev–Trinajstić information content (AvgIpc) is 2.44. The fourth-order valence-electron chi connectivity index (χ4n) is 1.93. The van der Waals surface area contributed by atoms with Gasteiger partial charge in [0.2, 0.25) is 0 Å². The molecule has 5 heteroatoms. The van der Waals surface area contributed by atoms with Gasteiger partial charge >= 0.3 is 12.0 Å². The van der Waals surface area contributed by atoms with Gasteiger partial charge < -0.3 is 15.3 Å². The van der Waals surface area contributed by atoms with Gasteiger partial charge in [0.25, 0.3) is 0 Å². The molecule has 2 amide bonds. The summed E-state index contributed by atoms with van der Waals surface area (Å²) >= 11 is 0. The molecule has 2 N–H and O–H groups in total. The monoisotopic (exact) mass is 278 g/mol. The lowest BCUT2D eigenvalue weighted by molar-refractivity contribution is 0.0696. The first-order chi connectivity index (χ1) is 9.45. The Kier molecular flexibility index (Phi) is 6.03. The van der Waals surface area contributed by atoms with Crippen LogP contribution in [0, 0.1) is 0 Å². The van der Waals surface area contributed by atoms with Crippen molar-refractivity contribution in [1.29, 1.82) is 0 Å².